The first-order chi connectivity index (χ1) is 13.7. The molecule has 1 N–H and O–H groups in total. The van der Waals surface area contributed by atoms with Crippen molar-refractivity contribution < 1.29 is 19.0 Å². The summed E-state index contributed by atoms with van der Waals surface area (Å²) in [7, 11) is 3.19. The van der Waals surface area contributed by atoms with Gasteiger partial charge < -0.3 is 19.5 Å². The summed E-state index contributed by atoms with van der Waals surface area (Å²) in [6, 6.07) is 19.3. The molecule has 0 unspecified atom stereocenters. The Balaban J connectivity index is 1.67. The molecule has 3 aromatic rings. The average molecular weight is 379 g/mol. The lowest BCUT2D eigenvalue weighted by molar-refractivity contribution is -0.123. The zero-order chi connectivity index (χ0) is 19.9. The van der Waals surface area contributed by atoms with Crippen molar-refractivity contribution in [1.82, 2.24) is 5.32 Å². The lowest BCUT2D eigenvalue weighted by Gasteiger charge is -2.19. The standard InChI is InChI=1S/C23H25NO4/c1-4-19(17-12-13-21(26-2)22(14-17)27-3)24-23(25)15-28-20-11-7-9-16-8-5-6-10-18(16)20/h5-14,19H,4,15H2,1-3H3,(H,24,25)/t19-/m0/s1. The number of rotatable bonds is 8. The van der Waals surface area contributed by atoms with Crippen LogP contribution in [0.3, 0.4) is 0 Å². The molecule has 5 heteroatoms. The van der Waals surface area contributed by atoms with E-state index >= 15 is 0 Å². The van der Waals surface area contributed by atoms with E-state index in [0.717, 1.165) is 22.8 Å². The highest BCUT2D eigenvalue weighted by molar-refractivity contribution is 5.88. The zero-order valence-electron chi connectivity index (χ0n) is 16.4. The number of nitrogens with one attached hydrogen (secondary N) is 1. The van der Waals surface area contributed by atoms with Crippen molar-refractivity contribution in [2.75, 3.05) is 20.8 Å². The maximum atomic E-state index is 12.5. The molecule has 0 spiro atoms. The number of benzene rings is 3. The van der Waals surface area contributed by atoms with Gasteiger partial charge in [-0.3, -0.25) is 4.79 Å². The molecule has 0 aliphatic rings. The molecule has 0 heterocycles. The predicted molar refractivity (Wildman–Crippen MR) is 110 cm³/mol. The fraction of sp³-hybridized carbons (Fsp3) is 0.261. The predicted octanol–water partition coefficient (Wildman–Crippen LogP) is 4.50. The lowest BCUT2D eigenvalue weighted by Crippen LogP contribution is -2.32. The van der Waals surface area contributed by atoms with E-state index in [0.29, 0.717) is 17.2 Å². The van der Waals surface area contributed by atoms with Crippen LogP contribution in [0.2, 0.25) is 0 Å². The molecule has 3 aromatic carbocycles. The minimum atomic E-state index is -0.172. The smallest absolute Gasteiger partial charge is 0.258 e. The Morgan fingerprint density at radius 3 is 2.43 bits per heavy atom. The molecule has 0 fully saturated rings. The molecule has 0 saturated carbocycles. The molecule has 3 rings (SSSR count). The summed E-state index contributed by atoms with van der Waals surface area (Å²) >= 11 is 0. The fourth-order valence-corrected chi connectivity index (χ4v) is 3.19. The third-order valence-electron chi connectivity index (χ3n) is 4.66. The highest BCUT2D eigenvalue weighted by atomic mass is 16.5. The van der Waals surface area contributed by atoms with Gasteiger partial charge in [0.1, 0.15) is 5.75 Å². The second-order valence-electron chi connectivity index (χ2n) is 6.41. The maximum absolute atomic E-state index is 12.5. The number of fused-ring (bicyclic) bond motifs is 1. The van der Waals surface area contributed by atoms with E-state index in [2.05, 4.69) is 5.32 Å². The average Bonchev–Trinajstić information content (AvgIpc) is 2.75. The van der Waals surface area contributed by atoms with Crippen molar-refractivity contribution in [3.8, 4) is 17.2 Å². The van der Waals surface area contributed by atoms with Gasteiger partial charge in [-0.15, -0.1) is 0 Å². The fourth-order valence-electron chi connectivity index (χ4n) is 3.19. The monoisotopic (exact) mass is 379 g/mol. The first kappa shape index (κ1) is 19.5. The van der Waals surface area contributed by atoms with Gasteiger partial charge in [0, 0.05) is 5.39 Å². The van der Waals surface area contributed by atoms with E-state index < -0.39 is 0 Å². The topological polar surface area (TPSA) is 56.8 Å². The van der Waals surface area contributed by atoms with Crippen molar-refractivity contribution in [2.45, 2.75) is 19.4 Å². The molecule has 0 saturated heterocycles. The lowest BCUT2D eigenvalue weighted by atomic mass is 10.0. The van der Waals surface area contributed by atoms with E-state index in [1.165, 1.54) is 0 Å². The van der Waals surface area contributed by atoms with Crippen LogP contribution >= 0.6 is 0 Å². The van der Waals surface area contributed by atoms with Crippen LogP contribution in [0.25, 0.3) is 10.8 Å². The molecule has 1 amide bonds. The Kier molecular flexibility index (Phi) is 6.37. The van der Waals surface area contributed by atoms with Crippen LogP contribution in [0, 0.1) is 0 Å². The van der Waals surface area contributed by atoms with E-state index in [9.17, 15) is 4.79 Å². The van der Waals surface area contributed by atoms with Gasteiger partial charge in [0.2, 0.25) is 0 Å². The molecule has 0 radical (unpaired) electrons. The third-order valence-corrected chi connectivity index (χ3v) is 4.66. The molecule has 1 atom stereocenters. The first-order valence-corrected chi connectivity index (χ1v) is 9.28. The Labute approximate surface area is 165 Å². The summed E-state index contributed by atoms with van der Waals surface area (Å²) in [5, 5.41) is 5.10. The van der Waals surface area contributed by atoms with Crippen LogP contribution in [0.1, 0.15) is 24.9 Å². The normalized spacial score (nSPS) is 11.7. The molecular weight excluding hydrogens is 354 g/mol. The SMILES string of the molecule is CC[C@H](NC(=O)COc1cccc2ccccc12)c1ccc(OC)c(OC)c1. The number of hydrogen-bond donors (Lipinski definition) is 1. The van der Waals surface area contributed by atoms with E-state index in [1.807, 2.05) is 67.6 Å². The van der Waals surface area contributed by atoms with Crippen LogP contribution < -0.4 is 19.5 Å². The van der Waals surface area contributed by atoms with Gasteiger partial charge in [-0.05, 0) is 35.6 Å². The maximum Gasteiger partial charge on any atom is 0.258 e. The Hall–Kier alpha value is -3.21. The summed E-state index contributed by atoms with van der Waals surface area (Å²) in [5.74, 6) is 1.83. The van der Waals surface area contributed by atoms with Crippen molar-refractivity contribution in [1.29, 1.82) is 0 Å². The van der Waals surface area contributed by atoms with Gasteiger partial charge in [-0.25, -0.2) is 0 Å². The molecule has 146 valence electrons. The number of ether oxygens (including phenoxy) is 3. The van der Waals surface area contributed by atoms with Crippen molar-refractivity contribution in [3.63, 3.8) is 0 Å². The van der Waals surface area contributed by atoms with Gasteiger partial charge in [-0.2, -0.15) is 0 Å². The Morgan fingerprint density at radius 1 is 0.929 bits per heavy atom. The number of methoxy groups -OCH3 is 2. The number of carbonyl (C=O) groups is 1. The highest BCUT2D eigenvalue weighted by Crippen LogP contribution is 2.31. The van der Waals surface area contributed by atoms with Gasteiger partial charge in [0.05, 0.1) is 20.3 Å². The molecule has 0 aliphatic carbocycles. The molecule has 0 bridgehead atoms. The van der Waals surface area contributed by atoms with Crippen LogP contribution in [0.15, 0.2) is 60.7 Å². The molecule has 0 aliphatic heterocycles. The van der Waals surface area contributed by atoms with Crippen LogP contribution in [0.5, 0.6) is 17.2 Å². The third kappa shape index (κ3) is 4.36. The summed E-state index contributed by atoms with van der Waals surface area (Å²) in [5.41, 5.74) is 0.957. The minimum absolute atomic E-state index is 0.0439. The van der Waals surface area contributed by atoms with Crippen molar-refractivity contribution in [2.24, 2.45) is 0 Å². The number of amides is 1. The minimum Gasteiger partial charge on any atom is -0.493 e. The van der Waals surface area contributed by atoms with Gasteiger partial charge in [0.15, 0.2) is 18.1 Å². The summed E-state index contributed by atoms with van der Waals surface area (Å²) < 4.78 is 16.4. The summed E-state index contributed by atoms with van der Waals surface area (Å²) in [6.07, 6.45) is 0.746. The Morgan fingerprint density at radius 2 is 1.68 bits per heavy atom. The van der Waals surface area contributed by atoms with E-state index in [1.54, 1.807) is 14.2 Å². The Bertz CT molecular complexity index is 949. The summed E-state index contributed by atoms with van der Waals surface area (Å²) in [4.78, 5) is 12.5. The van der Waals surface area contributed by atoms with Crippen LogP contribution in [-0.2, 0) is 4.79 Å². The van der Waals surface area contributed by atoms with Crippen LogP contribution in [-0.4, -0.2) is 26.7 Å². The summed E-state index contributed by atoms with van der Waals surface area (Å²) in [6.45, 7) is 1.98. The molecule has 0 aromatic heterocycles. The van der Waals surface area contributed by atoms with Gasteiger partial charge in [0.25, 0.3) is 5.91 Å². The van der Waals surface area contributed by atoms with E-state index in [4.69, 9.17) is 14.2 Å². The molecular formula is C23H25NO4. The van der Waals surface area contributed by atoms with Gasteiger partial charge in [-0.1, -0.05) is 49.4 Å². The molecule has 28 heavy (non-hydrogen) atoms. The van der Waals surface area contributed by atoms with Crippen LogP contribution in [0.4, 0.5) is 0 Å². The zero-order valence-corrected chi connectivity index (χ0v) is 16.4. The first-order valence-electron chi connectivity index (χ1n) is 9.28. The van der Waals surface area contributed by atoms with Crippen molar-refractivity contribution in [3.05, 3.63) is 66.2 Å². The number of carbonyl (C=O) groups excluding carboxylic acids is 1. The van der Waals surface area contributed by atoms with E-state index in [-0.39, 0.29) is 18.6 Å². The second kappa shape index (κ2) is 9.13. The quantitative estimate of drug-likeness (QED) is 0.626. The van der Waals surface area contributed by atoms with Gasteiger partial charge >= 0.3 is 0 Å². The highest BCUT2D eigenvalue weighted by Gasteiger charge is 2.16. The second-order valence-corrected chi connectivity index (χ2v) is 6.41. The molecule has 5 nitrogen and oxygen atoms in total. The number of hydrogen-bond acceptors (Lipinski definition) is 4. The van der Waals surface area contributed by atoms with Crippen molar-refractivity contribution >= 4 is 16.7 Å². The largest absolute Gasteiger partial charge is 0.493 e.